The second kappa shape index (κ2) is 11.2. The van der Waals surface area contributed by atoms with E-state index in [4.69, 9.17) is 28.4 Å². The van der Waals surface area contributed by atoms with E-state index in [-0.39, 0.29) is 29.1 Å². The van der Waals surface area contributed by atoms with Gasteiger partial charge in [0.1, 0.15) is 26.7 Å². The summed E-state index contributed by atoms with van der Waals surface area (Å²) in [5.74, 6) is 2.37. The second-order valence-corrected chi connectivity index (χ2v) is 11.7. The molecule has 0 radical (unpaired) electrons. The molecule has 4 rings (SSSR count). The van der Waals surface area contributed by atoms with E-state index < -0.39 is 0 Å². The molecule has 1 unspecified atom stereocenters. The summed E-state index contributed by atoms with van der Waals surface area (Å²) in [6.45, 7) is 5.91. The maximum Gasteiger partial charge on any atom is 0.146 e. The Balaban J connectivity index is 1.63. The summed E-state index contributed by atoms with van der Waals surface area (Å²) in [5.41, 5.74) is 0.318. The number of rotatable bonds is 11. The summed E-state index contributed by atoms with van der Waals surface area (Å²) in [6.07, 6.45) is 9.80. The van der Waals surface area contributed by atoms with Crippen LogP contribution in [-0.4, -0.2) is 66.3 Å². The predicted molar refractivity (Wildman–Crippen MR) is 127 cm³/mol. The molecule has 4 saturated carbocycles. The molecule has 0 aliphatic heterocycles. The van der Waals surface area contributed by atoms with Gasteiger partial charge in [0, 0.05) is 27.8 Å². The highest BCUT2D eigenvalue weighted by Crippen LogP contribution is 2.68. The lowest BCUT2D eigenvalue weighted by Crippen LogP contribution is -2.60. The molecule has 196 valence electrons. The summed E-state index contributed by atoms with van der Waals surface area (Å²) >= 11 is 0. The lowest BCUT2D eigenvalue weighted by Gasteiger charge is -2.63. The maximum atomic E-state index is 11.6. The lowest BCUT2D eigenvalue weighted by atomic mass is 9.44. The zero-order chi connectivity index (χ0) is 24.3. The van der Waals surface area contributed by atoms with Gasteiger partial charge in [-0.15, -0.1) is 0 Å². The third kappa shape index (κ3) is 4.73. The van der Waals surface area contributed by atoms with Crippen LogP contribution in [-0.2, 0) is 33.2 Å². The Labute approximate surface area is 205 Å². The van der Waals surface area contributed by atoms with Crippen molar-refractivity contribution in [1.29, 1.82) is 0 Å². The summed E-state index contributed by atoms with van der Waals surface area (Å²) < 4.78 is 34.6. The van der Waals surface area contributed by atoms with Gasteiger partial charge in [0.25, 0.3) is 0 Å². The van der Waals surface area contributed by atoms with Crippen molar-refractivity contribution in [3.63, 3.8) is 0 Å². The molecule has 0 aromatic rings. The summed E-state index contributed by atoms with van der Waals surface area (Å²) in [6, 6.07) is 0. The predicted octanol–water partition coefficient (Wildman–Crippen LogP) is 4.42. The van der Waals surface area contributed by atoms with Gasteiger partial charge < -0.3 is 33.2 Å². The first kappa shape index (κ1) is 26.5. The van der Waals surface area contributed by atoms with E-state index in [1.165, 1.54) is 12.8 Å². The number of carbonyl (C=O) groups excluding carboxylic acids is 1. The molecule has 0 N–H and O–H groups in total. The van der Waals surface area contributed by atoms with Crippen LogP contribution >= 0.6 is 0 Å². The average Bonchev–Trinajstić information content (AvgIpc) is 3.11. The van der Waals surface area contributed by atoms with E-state index in [0.717, 1.165) is 38.4 Å². The number of hydrogen-bond acceptors (Lipinski definition) is 7. The molecule has 0 aromatic carbocycles. The Morgan fingerprint density at radius 1 is 0.765 bits per heavy atom. The molecular formula is C27H46O7. The average molecular weight is 483 g/mol. The molecule has 7 heteroatoms. The molecule has 0 bridgehead atoms. The van der Waals surface area contributed by atoms with Crippen LogP contribution in [0.4, 0.5) is 0 Å². The highest BCUT2D eigenvalue weighted by molar-refractivity contribution is 5.50. The quantitative estimate of drug-likeness (QED) is 0.319. The van der Waals surface area contributed by atoms with Crippen LogP contribution < -0.4 is 0 Å². The second-order valence-electron chi connectivity index (χ2n) is 11.7. The van der Waals surface area contributed by atoms with Gasteiger partial charge in [0.05, 0.1) is 18.3 Å². The molecule has 0 amide bonds. The number of ether oxygens (including phenoxy) is 6. The van der Waals surface area contributed by atoms with Crippen LogP contribution in [0.15, 0.2) is 0 Å². The Morgan fingerprint density at radius 3 is 2.09 bits per heavy atom. The van der Waals surface area contributed by atoms with Gasteiger partial charge in [-0.25, -0.2) is 0 Å². The van der Waals surface area contributed by atoms with E-state index in [2.05, 4.69) is 13.8 Å². The number of aldehydes is 1. The fraction of sp³-hybridized carbons (Fsp3) is 0.963. The van der Waals surface area contributed by atoms with Crippen molar-refractivity contribution < 1.29 is 33.2 Å². The Bertz CT molecular complexity index is 673. The summed E-state index contributed by atoms with van der Waals surface area (Å²) in [7, 11) is 5.07. The van der Waals surface area contributed by atoms with Crippen molar-refractivity contribution in [2.45, 2.75) is 83.5 Å². The van der Waals surface area contributed by atoms with Crippen molar-refractivity contribution in [2.75, 3.05) is 41.7 Å². The third-order valence-electron chi connectivity index (χ3n) is 10.4. The van der Waals surface area contributed by atoms with Crippen LogP contribution in [0.2, 0.25) is 0 Å². The van der Waals surface area contributed by atoms with Gasteiger partial charge in [-0.2, -0.15) is 0 Å². The van der Waals surface area contributed by atoms with Gasteiger partial charge in [-0.05, 0) is 85.4 Å². The Morgan fingerprint density at radius 2 is 1.41 bits per heavy atom. The zero-order valence-corrected chi connectivity index (χ0v) is 21.8. The molecule has 0 spiro atoms. The van der Waals surface area contributed by atoms with E-state index in [0.29, 0.717) is 56.4 Å². The van der Waals surface area contributed by atoms with Crippen LogP contribution in [0.1, 0.15) is 65.2 Å². The van der Waals surface area contributed by atoms with E-state index in [1.54, 1.807) is 21.3 Å². The van der Waals surface area contributed by atoms with Crippen LogP contribution in [0.25, 0.3) is 0 Å². The minimum atomic E-state index is 0.119. The number of hydrogen-bond donors (Lipinski definition) is 0. The first-order chi connectivity index (χ1) is 16.4. The van der Waals surface area contributed by atoms with Crippen molar-refractivity contribution >= 4 is 6.29 Å². The van der Waals surface area contributed by atoms with Crippen LogP contribution in [0, 0.1) is 40.4 Å². The van der Waals surface area contributed by atoms with Crippen molar-refractivity contribution in [1.82, 2.24) is 0 Å². The summed E-state index contributed by atoms with van der Waals surface area (Å²) in [5, 5.41) is 0. The molecular weight excluding hydrogens is 436 g/mol. The van der Waals surface area contributed by atoms with Gasteiger partial charge >= 0.3 is 0 Å². The zero-order valence-electron chi connectivity index (χ0n) is 21.8. The van der Waals surface area contributed by atoms with E-state index >= 15 is 0 Å². The largest absolute Gasteiger partial charge is 0.359 e. The molecule has 4 aliphatic carbocycles. The minimum absolute atomic E-state index is 0.119. The van der Waals surface area contributed by atoms with E-state index in [9.17, 15) is 4.79 Å². The molecule has 4 aliphatic rings. The summed E-state index contributed by atoms with van der Waals surface area (Å²) in [4.78, 5) is 11.6. The molecule has 0 saturated heterocycles. The number of methoxy groups -OCH3 is 3. The van der Waals surface area contributed by atoms with Crippen molar-refractivity contribution in [3.05, 3.63) is 0 Å². The fourth-order valence-corrected chi connectivity index (χ4v) is 8.85. The number of carbonyl (C=O) groups is 1. The van der Waals surface area contributed by atoms with Gasteiger partial charge in [-0.1, -0.05) is 13.8 Å². The topological polar surface area (TPSA) is 72.5 Å². The van der Waals surface area contributed by atoms with Gasteiger partial charge in [-0.3, -0.25) is 0 Å². The highest BCUT2D eigenvalue weighted by atomic mass is 16.7. The van der Waals surface area contributed by atoms with Gasteiger partial charge in [0.2, 0.25) is 0 Å². The first-order valence-electron chi connectivity index (χ1n) is 13.2. The molecule has 34 heavy (non-hydrogen) atoms. The highest BCUT2D eigenvalue weighted by Gasteiger charge is 2.65. The standard InChI is InChI=1S/C27H46O7/c1-26-10-7-21-20(25(26)24(34-17-31-5)12-18(26)8-11-28)14-23(33-16-30-4)22-13-19(32-15-29-3)6-9-27(21,22)2/h11,18-25H,6-10,12-17H2,1-5H3/t18-,19-,20+,21-,22?,23-,24+,25+,26+,27+/m0/s1. The Kier molecular flexibility index (Phi) is 8.74. The SMILES string of the molecule is COCO[C@H]1CC[C@@]2(C)C(C1)[C@@H](OCOC)C[C@H]1[C@@H]3[C@H](OCOC)C[C@H](CC=O)[C@@]3(C)CC[C@@H]12. The van der Waals surface area contributed by atoms with E-state index in [1.807, 2.05) is 0 Å². The smallest absolute Gasteiger partial charge is 0.146 e. The van der Waals surface area contributed by atoms with Crippen molar-refractivity contribution in [2.24, 2.45) is 40.4 Å². The molecule has 4 fully saturated rings. The molecule has 0 aromatic heterocycles. The monoisotopic (exact) mass is 482 g/mol. The first-order valence-corrected chi connectivity index (χ1v) is 13.2. The molecule has 7 nitrogen and oxygen atoms in total. The third-order valence-corrected chi connectivity index (χ3v) is 10.4. The van der Waals surface area contributed by atoms with Crippen LogP contribution in [0.5, 0.6) is 0 Å². The normalized spacial score (nSPS) is 45.9. The molecule has 0 heterocycles. The maximum absolute atomic E-state index is 11.6. The molecule has 10 atom stereocenters. The fourth-order valence-electron chi connectivity index (χ4n) is 8.85. The van der Waals surface area contributed by atoms with Crippen molar-refractivity contribution in [3.8, 4) is 0 Å². The van der Waals surface area contributed by atoms with Crippen LogP contribution in [0.3, 0.4) is 0 Å². The lowest BCUT2D eigenvalue weighted by molar-refractivity contribution is -0.222. The van der Waals surface area contributed by atoms with Gasteiger partial charge in [0.15, 0.2) is 0 Å². The Hall–Kier alpha value is -0.570. The number of fused-ring (bicyclic) bond motifs is 5. The minimum Gasteiger partial charge on any atom is -0.359 e.